The van der Waals surface area contributed by atoms with Crippen LogP contribution in [-0.2, 0) is 6.42 Å². The zero-order valence-corrected chi connectivity index (χ0v) is 13.7. The third-order valence-corrected chi connectivity index (χ3v) is 3.50. The third-order valence-electron chi connectivity index (χ3n) is 2.61. The molecule has 7 heteroatoms. The Morgan fingerprint density at radius 2 is 2.30 bits per heavy atom. The summed E-state index contributed by atoms with van der Waals surface area (Å²) in [5.74, 6) is 1.62. The van der Waals surface area contributed by atoms with Gasteiger partial charge in [-0.2, -0.15) is 14.9 Å². The summed E-state index contributed by atoms with van der Waals surface area (Å²) in [6.07, 6.45) is 2.50. The highest BCUT2D eigenvalue weighted by molar-refractivity contribution is 9.10. The Kier molecular flexibility index (Phi) is 5.08. The molecule has 0 aliphatic rings. The molecule has 106 valence electrons. The summed E-state index contributed by atoms with van der Waals surface area (Å²) in [4.78, 5) is 0. The lowest BCUT2D eigenvalue weighted by Gasteiger charge is -2.05. The second-order valence-corrected chi connectivity index (χ2v) is 5.22. The largest absolute Gasteiger partial charge is 0.493 e. The van der Waals surface area contributed by atoms with Crippen LogP contribution in [0.5, 0.6) is 5.75 Å². The Morgan fingerprint density at radius 1 is 1.50 bits per heavy atom. The number of rotatable bonds is 5. The van der Waals surface area contributed by atoms with Crippen molar-refractivity contribution in [1.29, 1.82) is 0 Å². The lowest BCUT2D eigenvalue weighted by atomic mass is 10.2. The zero-order chi connectivity index (χ0) is 14.5. The van der Waals surface area contributed by atoms with Crippen LogP contribution < -0.4 is 4.74 Å². The van der Waals surface area contributed by atoms with Gasteiger partial charge in [-0.3, -0.25) is 5.10 Å². The molecule has 0 fully saturated rings. The number of ether oxygens (including phenoxy) is 1. The van der Waals surface area contributed by atoms with Gasteiger partial charge in [0.15, 0.2) is 5.82 Å². The van der Waals surface area contributed by atoms with Crippen molar-refractivity contribution >= 4 is 34.4 Å². The van der Waals surface area contributed by atoms with Gasteiger partial charge in [-0.25, -0.2) is 0 Å². The van der Waals surface area contributed by atoms with Crippen LogP contribution in [0, 0.1) is 4.77 Å². The molecule has 0 saturated carbocycles. The highest BCUT2D eigenvalue weighted by atomic mass is 79.9. The smallest absolute Gasteiger partial charge is 0.216 e. The van der Waals surface area contributed by atoms with Crippen LogP contribution in [0.4, 0.5) is 0 Å². The lowest BCUT2D eigenvalue weighted by Crippen LogP contribution is -1.98. The van der Waals surface area contributed by atoms with Crippen LogP contribution in [0.25, 0.3) is 0 Å². The second kappa shape index (κ2) is 6.81. The molecule has 0 aliphatic heterocycles. The average molecular weight is 355 g/mol. The maximum Gasteiger partial charge on any atom is 0.216 e. The highest BCUT2D eigenvalue weighted by Crippen LogP contribution is 2.25. The number of halogens is 1. The van der Waals surface area contributed by atoms with E-state index in [4.69, 9.17) is 17.0 Å². The standard InChI is InChI=1S/C13H15BrN4OS/c1-3-12-16-17-13(20)18(12)15-8-9-5-6-11(19-4-2)10(14)7-9/h5-8H,3-4H2,1-2H3,(H,17,20)/b15-8-. The SMILES string of the molecule is CCOc1ccc(/C=N\n2c(CC)n[nH]c2=S)cc1Br. The number of aromatic nitrogens is 3. The Morgan fingerprint density at radius 3 is 2.95 bits per heavy atom. The minimum atomic E-state index is 0.489. The lowest BCUT2D eigenvalue weighted by molar-refractivity contribution is 0.338. The van der Waals surface area contributed by atoms with Crippen LogP contribution >= 0.6 is 28.1 Å². The quantitative estimate of drug-likeness (QED) is 0.659. The van der Waals surface area contributed by atoms with Gasteiger partial charge in [0, 0.05) is 6.42 Å². The molecule has 0 unspecified atom stereocenters. The fourth-order valence-corrected chi connectivity index (χ4v) is 2.38. The average Bonchev–Trinajstić information content (AvgIpc) is 2.80. The van der Waals surface area contributed by atoms with E-state index in [1.807, 2.05) is 32.0 Å². The molecular weight excluding hydrogens is 340 g/mol. The topological polar surface area (TPSA) is 55.2 Å². The van der Waals surface area contributed by atoms with Crippen LogP contribution in [-0.4, -0.2) is 27.7 Å². The van der Waals surface area contributed by atoms with Crippen molar-refractivity contribution in [3.05, 3.63) is 38.8 Å². The predicted molar refractivity (Wildman–Crippen MR) is 85.1 cm³/mol. The number of H-pyrrole nitrogens is 1. The number of benzene rings is 1. The van der Waals surface area contributed by atoms with E-state index in [0.717, 1.165) is 28.0 Å². The van der Waals surface area contributed by atoms with Crippen LogP contribution in [0.1, 0.15) is 25.2 Å². The van der Waals surface area contributed by atoms with Crippen molar-refractivity contribution in [3.63, 3.8) is 0 Å². The van der Waals surface area contributed by atoms with E-state index < -0.39 is 0 Å². The van der Waals surface area contributed by atoms with Gasteiger partial charge >= 0.3 is 0 Å². The van der Waals surface area contributed by atoms with Crippen LogP contribution in [0.3, 0.4) is 0 Å². The molecule has 1 aromatic heterocycles. The number of hydrogen-bond acceptors (Lipinski definition) is 4. The van der Waals surface area contributed by atoms with Crippen molar-refractivity contribution in [3.8, 4) is 5.75 Å². The summed E-state index contributed by atoms with van der Waals surface area (Å²) >= 11 is 8.61. The van der Waals surface area contributed by atoms with E-state index >= 15 is 0 Å². The third kappa shape index (κ3) is 3.34. The van der Waals surface area contributed by atoms with Crippen molar-refractivity contribution < 1.29 is 4.74 Å². The highest BCUT2D eigenvalue weighted by Gasteiger charge is 2.03. The predicted octanol–water partition coefficient (Wildman–Crippen LogP) is 3.55. The summed E-state index contributed by atoms with van der Waals surface area (Å²) in [5, 5.41) is 11.2. The fraction of sp³-hybridized carbons (Fsp3) is 0.308. The van der Waals surface area contributed by atoms with E-state index in [0.29, 0.717) is 11.4 Å². The number of aromatic amines is 1. The van der Waals surface area contributed by atoms with E-state index in [9.17, 15) is 0 Å². The zero-order valence-electron chi connectivity index (χ0n) is 11.3. The first-order chi connectivity index (χ1) is 9.65. The van der Waals surface area contributed by atoms with E-state index in [1.165, 1.54) is 0 Å². The fourth-order valence-electron chi connectivity index (χ4n) is 1.67. The first kappa shape index (κ1) is 14.9. The van der Waals surface area contributed by atoms with E-state index in [-0.39, 0.29) is 0 Å². The molecule has 1 aromatic carbocycles. The molecule has 2 rings (SSSR count). The molecule has 1 N–H and O–H groups in total. The Balaban J connectivity index is 2.25. The van der Waals surface area contributed by atoms with E-state index in [2.05, 4.69) is 31.2 Å². The molecule has 1 heterocycles. The Labute approximate surface area is 130 Å². The van der Waals surface area contributed by atoms with Gasteiger partial charge in [0.25, 0.3) is 0 Å². The molecule has 0 saturated heterocycles. The number of aryl methyl sites for hydroxylation is 1. The van der Waals surface area contributed by atoms with Crippen LogP contribution in [0.2, 0.25) is 0 Å². The van der Waals surface area contributed by atoms with Gasteiger partial charge in [0.05, 0.1) is 17.3 Å². The van der Waals surface area contributed by atoms with Gasteiger partial charge in [-0.15, -0.1) is 0 Å². The Bertz CT molecular complexity index is 677. The van der Waals surface area contributed by atoms with Crippen LogP contribution in [0.15, 0.2) is 27.8 Å². The summed E-state index contributed by atoms with van der Waals surface area (Å²) in [6, 6.07) is 5.79. The minimum absolute atomic E-state index is 0.489. The molecule has 5 nitrogen and oxygen atoms in total. The molecule has 2 aromatic rings. The van der Waals surface area contributed by atoms with Gasteiger partial charge < -0.3 is 4.74 Å². The van der Waals surface area contributed by atoms with Gasteiger partial charge in [0.1, 0.15) is 5.75 Å². The number of nitrogens with zero attached hydrogens (tertiary/aromatic N) is 3. The molecule has 0 amide bonds. The number of hydrogen-bond donors (Lipinski definition) is 1. The summed E-state index contributed by atoms with van der Waals surface area (Å²) in [5.41, 5.74) is 0.950. The maximum absolute atomic E-state index is 5.47. The summed E-state index contributed by atoms with van der Waals surface area (Å²) in [7, 11) is 0. The first-order valence-electron chi connectivity index (χ1n) is 6.28. The molecule has 0 atom stereocenters. The molecule has 0 bridgehead atoms. The van der Waals surface area contributed by atoms with Gasteiger partial charge in [-0.05, 0) is 58.8 Å². The van der Waals surface area contributed by atoms with Crippen molar-refractivity contribution in [2.24, 2.45) is 5.10 Å². The molecule has 0 spiro atoms. The number of nitrogens with one attached hydrogen (secondary N) is 1. The van der Waals surface area contributed by atoms with Gasteiger partial charge in [-0.1, -0.05) is 6.92 Å². The molecule has 20 heavy (non-hydrogen) atoms. The Hall–Kier alpha value is -1.47. The van der Waals surface area contributed by atoms with E-state index in [1.54, 1.807) is 10.9 Å². The maximum atomic E-state index is 5.47. The normalized spacial score (nSPS) is 11.2. The first-order valence-corrected chi connectivity index (χ1v) is 7.48. The van der Waals surface area contributed by atoms with Crippen molar-refractivity contribution in [2.75, 3.05) is 6.61 Å². The minimum Gasteiger partial charge on any atom is -0.493 e. The molecule has 0 aliphatic carbocycles. The monoisotopic (exact) mass is 354 g/mol. The summed E-state index contributed by atoms with van der Waals surface area (Å²) < 4.78 is 8.48. The molecule has 0 radical (unpaired) electrons. The summed E-state index contributed by atoms with van der Waals surface area (Å²) in [6.45, 7) is 4.59. The second-order valence-electron chi connectivity index (χ2n) is 3.98. The van der Waals surface area contributed by atoms with Crippen molar-refractivity contribution in [1.82, 2.24) is 14.9 Å². The van der Waals surface area contributed by atoms with Crippen molar-refractivity contribution in [2.45, 2.75) is 20.3 Å². The van der Waals surface area contributed by atoms with Gasteiger partial charge in [0.2, 0.25) is 4.77 Å². The molecular formula is C13H15BrN4OS.